The van der Waals surface area contributed by atoms with E-state index in [1.54, 1.807) is 12.1 Å². The Bertz CT molecular complexity index is 468. The Kier molecular flexibility index (Phi) is 3.63. The van der Waals surface area contributed by atoms with E-state index in [2.05, 4.69) is 11.4 Å². The first-order chi connectivity index (χ1) is 8.66. The summed E-state index contributed by atoms with van der Waals surface area (Å²) in [6.45, 7) is 0.526. The van der Waals surface area contributed by atoms with Gasteiger partial charge in [-0.15, -0.1) is 0 Å². The van der Waals surface area contributed by atoms with Crippen LogP contribution in [0.25, 0.3) is 0 Å². The smallest absolute Gasteiger partial charge is 0.323 e. The van der Waals surface area contributed by atoms with Gasteiger partial charge in [-0.2, -0.15) is 5.26 Å². The van der Waals surface area contributed by atoms with Crippen molar-refractivity contribution in [2.24, 2.45) is 0 Å². The van der Waals surface area contributed by atoms with Gasteiger partial charge in [0.1, 0.15) is 5.54 Å². The van der Waals surface area contributed by atoms with E-state index in [0.29, 0.717) is 24.9 Å². The van der Waals surface area contributed by atoms with Crippen LogP contribution in [0.4, 0.5) is 0 Å². The van der Waals surface area contributed by atoms with E-state index in [1.807, 2.05) is 12.1 Å². The Labute approximate surface area is 106 Å². The molecule has 2 rings (SSSR count). The predicted octanol–water partition coefficient (Wildman–Crippen LogP) is 2.05. The van der Waals surface area contributed by atoms with E-state index in [9.17, 15) is 9.90 Å². The van der Waals surface area contributed by atoms with Crippen LogP contribution in [0.2, 0.25) is 0 Å². The van der Waals surface area contributed by atoms with Crippen molar-refractivity contribution < 1.29 is 9.90 Å². The van der Waals surface area contributed by atoms with Crippen molar-refractivity contribution in [3.05, 3.63) is 35.4 Å². The lowest BCUT2D eigenvalue weighted by Gasteiger charge is -2.25. The molecule has 4 heteroatoms. The summed E-state index contributed by atoms with van der Waals surface area (Å²) in [6.07, 6.45) is 3.32. The van der Waals surface area contributed by atoms with Gasteiger partial charge in [0.15, 0.2) is 0 Å². The van der Waals surface area contributed by atoms with Crippen LogP contribution in [0.15, 0.2) is 24.3 Å². The van der Waals surface area contributed by atoms with Crippen LogP contribution in [0.3, 0.4) is 0 Å². The largest absolute Gasteiger partial charge is 0.480 e. The maximum atomic E-state index is 11.3. The standard InChI is InChI=1S/C14H16N2O2/c15-9-11-3-5-12(6-4-11)10-16-14(13(17)18)7-1-2-8-14/h3-6,16H,1-2,7-8,10H2,(H,17,18). The molecule has 0 aromatic heterocycles. The van der Waals surface area contributed by atoms with E-state index in [1.165, 1.54) is 0 Å². The van der Waals surface area contributed by atoms with Gasteiger partial charge in [-0.25, -0.2) is 0 Å². The van der Waals surface area contributed by atoms with Crippen LogP contribution in [0, 0.1) is 11.3 Å². The van der Waals surface area contributed by atoms with Crippen molar-refractivity contribution in [1.29, 1.82) is 5.26 Å². The first-order valence-corrected chi connectivity index (χ1v) is 6.14. The number of nitrogens with one attached hydrogen (secondary N) is 1. The van der Waals surface area contributed by atoms with Gasteiger partial charge in [0.25, 0.3) is 0 Å². The molecule has 2 N–H and O–H groups in total. The molecule has 18 heavy (non-hydrogen) atoms. The van der Waals surface area contributed by atoms with Crippen molar-refractivity contribution in [3.63, 3.8) is 0 Å². The monoisotopic (exact) mass is 244 g/mol. The Morgan fingerprint density at radius 1 is 1.33 bits per heavy atom. The molecule has 1 aliphatic carbocycles. The van der Waals surface area contributed by atoms with Gasteiger partial charge in [-0.1, -0.05) is 25.0 Å². The number of benzene rings is 1. The van der Waals surface area contributed by atoms with E-state index in [4.69, 9.17) is 5.26 Å². The lowest BCUT2D eigenvalue weighted by atomic mass is 9.97. The highest BCUT2D eigenvalue weighted by atomic mass is 16.4. The second-order valence-corrected chi connectivity index (χ2v) is 4.76. The van der Waals surface area contributed by atoms with Gasteiger partial charge in [0, 0.05) is 6.54 Å². The molecule has 0 radical (unpaired) electrons. The maximum absolute atomic E-state index is 11.3. The molecule has 0 bridgehead atoms. The topological polar surface area (TPSA) is 73.1 Å². The molecule has 1 aliphatic rings. The minimum absolute atomic E-state index is 0.526. The number of aliphatic carboxylic acids is 1. The fourth-order valence-corrected chi connectivity index (χ4v) is 2.41. The molecule has 0 atom stereocenters. The fourth-order valence-electron chi connectivity index (χ4n) is 2.41. The van der Waals surface area contributed by atoms with Gasteiger partial charge in [0.05, 0.1) is 11.6 Å². The number of carboxylic acids is 1. The van der Waals surface area contributed by atoms with Crippen LogP contribution in [0.1, 0.15) is 36.8 Å². The molecule has 94 valence electrons. The number of carboxylic acid groups (broad SMARTS) is 1. The fraction of sp³-hybridized carbons (Fsp3) is 0.429. The number of nitrogens with zero attached hydrogens (tertiary/aromatic N) is 1. The molecule has 1 aromatic rings. The molecule has 0 unspecified atom stereocenters. The summed E-state index contributed by atoms with van der Waals surface area (Å²) in [4.78, 5) is 11.3. The Balaban J connectivity index is 2.01. The van der Waals surface area contributed by atoms with Crippen LogP contribution < -0.4 is 5.32 Å². The molecule has 0 amide bonds. The number of carbonyl (C=O) groups is 1. The van der Waals surface area contributed by atoms with Gasteiger partial charge in [0.2, 0.25) is 0 Å². The van der Waals surface area contributed by atoms with Gasteiger partial charge in [-0.3, -0.25) is 10.1 Å². The molecule has 0 aliphatic heterocycles. The van der Waals surface area contributed by atoms with Gasteiger partial charge >= 0.3 is 5.97 Å². The third-order valence-corrected chi connectivity index (χ3v) is 3.58. The van der Waals surface area contributed by atoms with Gasteiger partial charge in [-0.05, 0) is 30.5 Å². The summed E-state index contributed by atoms with van der Waals surface area (Å²) in [5, 5.41) is 21.2. The summed E-state index contributed by atoms with van der Waals surface area (Å²) in [6, 6.07) is 9.28. The lowest BCUT2D eigenvalue weighted by Crippen LogP contribution is -2.49. The zero-order chi connectivity index (χ0) is 13.0. The van der Waals surface area contributed by atoms with Crippen LogP contribution in [0.5, 0.6) is 0 Å². The first-order valence-electron chi connectivity index (χ1n) is 6.14. The zero-order valence-electron chi connectivity index (χ0n) is 10.1. The molecular formula is C14H16N2O2. The number of hydrogen-bond acceptors (Lipinski definition) is 3. The van der Waals surface area contributed by atoms with Crippen molar-refractivity contribution >= 4 is 5.97 Å². The normalized spacial score (nSPS) is 17.3. The predicted molar refractivity (Wildman–Crippen MR) is 66.8 cm³/mol. The van der Waals surface area contributed by atoms with Crippen molar-refractivity contribution in [2.75, 3.05) is 0 Å². The number of nitriles is 1. The molecule has 4 nitrogen and oxygen atoms in total. The van der Waals surface area contributed by atoms with Crippen LogP contribution >= 0.6 is 0 Å². The van der Waals surface area contributed by atoms with E-state index >= 15 is 0 Å². The maximum Gasteiger partial charge on any atom is 0.323 e. The summed E-state index contributed by atoms with van der Waals surface area (Å²) >= 11 is 0. The van der Waals surface area contributed by atoms with E-state index in [-0.39, 0.29) is 0 Å². The zero-order valence-corrected chi connectivity index (χ0v) is 10.1. The number of hydrogen-bond donors (Lipinski definition) is 2. The SMILES string of the molecule is N#Cc1ccc(CNC2(C(=O)O)CCCC2)cc1. The number of rotatable bonds is 4. The second kappa shape index (κ2) is 5.19. The molecule has 0 saturated heterocycles. The Hall–Kier alpha value is -1.86. The average Bonchev–Trinajstić information content (AvgIpc) is 2.87. The van der Waals surface area contributed by atoms with Gasteiger partial charge < -0.3 is 5.11 Å². The van der Waals surface area contributed by atoms with Crippen LogP contribution in [-0.4, -0.2) is 16.6 Å². The second-order valence-electron chi connectivity index (χ2n) is 4.76. The third kappa shape index (κ3) is 2.52. The molecule has 0 spiro atoms. The van der Waals surface area contributed by atoms with Crippen molar-refractivity contribution in [2.45, 2.75) is 37.8 Å². The Morgan fingerprint density at radius 3 is 2.44 bits per heavy atom. The highest BCUT2D eigenvalue weighted by Crippen LogP contribution is 2.30. The Morgan fingerprint density at radius 2 is 1.94 bits per heavy atom. The average molecular weight is 244 g/mol. The lowest BCUT2D eigenvalue weighted by molar-refractivity contribution is -0.144. The molecular weight excluding hydrogens is 228 g/mol. The quantitative estimate of drug-likeness (QED) is 0.850. The third-order valence-electron chi connectivity index (χ3n) is 3.58. The highest BCUT2D eigenvalue weighted by Gasteiger charge is 2.40. The minimum Gasteiger partial charge on any atom is -0.480 e. The van der Waals surface area contributed by atoms with Crippen molar-refractivity contribution in [1.82, 2.24) is 5.32 Å². The summed E-state index contributed by atoms with van der Waals surface area (Å²) in [5.41, 5.74) is 0.863. The molecule has 1 fully saturated rings. The van der Waals surface area contributed by atoms with Crippen LogP contribution in [-0.2, 0) is 11.3 Å². The summed E-state index contributed by atoms with van der Waals surface area (Å²) in [5.74, 6) is -0.756. The van der Waals surface area contributed by atoms with E-state index in [0.717, 1.165) is 18.4 Å². The molecule has 1 saturated carbocycles. The summed E-state index contributed by atoms with van der Waals surface area (Å²) in [7, 11) is 0. The van der Waals surface area contributed by atoms with E-state index < -0.39 is 11.5 Å². The minimum atomic E-state index is -0.756. The highest BCUT2D eigenvalue weighted by molar-refractivity contribution is 5.79. The van der Waals surface area contributed by atoms with Crippen molar-refractivity contribution in [3.8, 4) is 6.07 Å². The molecule has 1 aromatic carbocycles. The molecule has 0 heterocycles. The summed E-state index contributed by atoms with van der Waals surface area (Å²) < 4.78 is 0. The first kappa shape index (κ1) is 12.6.